The van der Waals surface area contributed by atoms with Crippen LogP contribution in [-0.4, -0.2) is 0 Å². The van der Waals surface area contributed by atoms with Gasteiger partial charge in [0.05, 0.1) is 11.6 Å². The summed E-state index contributed by atoms with van der Waals surface area (Å²) in [5, 5.41) is 9.23. The molecular formula is C34H56N2. The monoisotopic (exact) mass is 492 g/mol. The molecule has 0 unspecified atom stereocenters. The Hall–Kier alpha value is -3.05. The van der Waals surface area contributed by atoms with Gasteiger partial charge in [0.1, 0.15) is 0 Å². The lowest BCUT2D eigenvalue weighted by Gasteiger charge is -2.24. The summed E-state index contributed by atoms with van der Waals surface area (Å²) in [7, 11) is 0. The fourth-order valence-corrected chi connectivity index (χ4v) is 3.28. The molecule has 0 aliphatic heterocycles. The van der Waals surface area contributed by atoms with Crippen molar-refractivity contribution in [2.24, 2.45) is 5.73 Å². The molecule has 0 saturated carbocycles. The molecule has 0 atom stereocenters. The lowest BCUT2D eigenvalue weighted by Crippen LogP contribution is -2.07. The third kappa shape index (κ3) is 13.1. The number of nitrogens with two attached hydrogens (primary N) is 1. The molecule has 2 nitrogen and oxygen atoms in total. The molecule has 0 spiro atoms. The van der Waals surface area contributed by atoms with Crippen LogP contribution in [0.4, 0.5) is 0 Å². The van der Waals surface area contributed by atoms with Gasteiger partial charge in [0.2, 0.25) is 0 Å². The lowest BCUT2D eigenvalue weighted by molar-refractivity contribution is 1.09. The summed E-state index contributed by atoms with van der Waals surface area (Å²) >= 11 is 0. The number of rotatable bonds is 6. The van der Waals surface area contributed by atoms with Crippen LogP contribution in [-0.2, 0) is 0 Å². The van der Waals surface area contributed by atoms with Crippen molar-refractivity contribution in [1.29, 1.82) is 5.26 Å². The van der Waals surface area contributed by atoms with Gasteiger partial charge < -0.3 is 5.73 Å². The Morgan fingerprint density at radius 2 is 1.25 bits per heavy atom. The average molecular weight is 493 g/mol. The fourth-order valence-electron chi connectivity index (χ4n) is 3.28. The van der Waals surface area contributed by atoms with Crippen LogP contribution in [0.15, 0.2) is 83.1 Å². The number of hydrogen-bond acceptors (Lipinski definition) is 2. The molecule has 0 radical (unpaired) electrons. The highest BCUT2D eigenvalue weighted by Crippen LogP contribution is 2.40. The van der Waals surface area contributed by atoms with Crippen molar-refractivity contribution in [3.8, 4) is 6.07 Å². The normalized spacial score (nSPS) is 9.97. The first-order valence-electron chi connectivity index (χ1n) is 13.3. The van der Waals surface area contributed by atoms with Gasteiger partial charge in [-0.05, 0) is 87.1 Å². The SMILES string of the molecule is C=C(C)C(C(=C)C)=C(/C(C(=C)C)=C(C)/C(N)=C\C)c1ccc(C#N)cc1C.CC.CC.CC.CCC. The second kappa shape index (κ2) is 23.7. The standard InChI is InChI=1S/C25H30N2.C3H8.3C2H6/c1-10-22(27)19(9)24(17(6)7)25(23(15(2)3)16(4)5)21-12-11-20(14-26)13-18(21)8;1-3-2;3*1-2/h10-13H,2,4,6,27H2,1,3,5,7-9H3;3H2,1-2H3;3*1-2H3/b22-10+,24-19+;;;;. The van der Waals surface area contributed by atoms with E-state index in [9.17, 15) is 5.26 Å². The van der Waals surface area contributed by atoms with Crippen molar-refractivity contribution in [3.63, 3.8) is 0 Å². The maximum atomic E-state index is 9.23. The molecule has 0 aliphatic carbocycles. The van der Waals surface area contributed by atoms with E-state index in [-0.39, 0.29) is 0 Å². The first kappa shape index (κ1) is 40.1. The second-order valence-electron chi connectivity index (χ2n) is 7.68. The van der Waals surface area contributed by atoms with Gasteiger partial charge in [-0.3, -0.25) is 0 Å². The zero-order chi connectivity index (χ0) is 29.6. The predicted molar refractivity (Wildman–Crippen MR) is 168 cm³/mol. The Kier molecular flexibility index (Phi) is 26.4. The van der Waals surface area contributed by atoms with Crippen molar-refractivity contribution < 1.29 is 0 Å². The molecule has 1 aromatic carbocycles. The van der Waals surface area contributed by atoms with Crippen LogP contribution in [0.2, 0.25) is 0 Å². The van der Waals surface area contributed by atoms with Crippen LogP contribution in [0.3, 0.4) is 0 Å². The van der Waals surface area contributed by atoms with Crippen LogP contribution < -0.4 is 5.73 Å². The minimum Gasteiger partial charge on any atom is -0.399 e. The van der Waals surface area contributed by atoms with Crippen LogP contribution >= 0.6 is 0 Å². The third-order valence-corrected chi connectivity index (χ3v) is 4.52. The number of aryl methyl sites for hydroxylation is 1. The van der Waals surface area contributed by atoms with E-state index in [0.29, 0.717) is 11.3 Å². The number of nitrogens with zero attached hydrogens (tertiary/aromatic N) is 1. The predicted octanol–water partition coefficient (Wildman–Crippen LogP) is 11.0. The molecule has 0 saturated heterocycles. The summed E-state index contributed by atoms with van der Waals surface area (Å²) in [6.45, 7) is 40.7. The average Bonchev–Trinajstić information content (AvgIpc) is 2.86. The molecule has 36 heavy (non-hydrogen) atoms. The number of allylic oxidation sites excluding steroid dienone is 8. The van der Waals surface area contributed by atoms with Crippen molar-refractivity contribution >= 4 is 5.57 Å². The van der Waals surface area contributed by atoms with E-state index < -0.39 is 0 Å². The van der Waals surface area contributed by atoms with Gasteiger partial charge in [0, 0.05) is 5.70 Å². The summed E-state index contributed by atoms with van der Waals surface area (Å²) in [4.78, 5) is 0. The fraction of sp³-hybridized carbons (Fsp3) is 0.441. The maximum Gasteiger partial charge on any atom is 0.0991 e. The molecule has 0 heterocycles. The van der Waals surface area contributed by atoms with Crippen LogP contribution in [0, 0.1) is 18.3 Å². The molecular weight excluding hydrogens is 436 g/mol. The number of hydrogen-bond donors (Lipinski definition) is 1. The first-order chi connectivity index (χ1) is 17.0. The molecule has 0 aliphatic rings. The molecule has 2 heteroatoms. The smallest absolute Gasteiger partial charge is 0.0991 e. The van der Waals surface area contributed by atoms with Crippen molar-refractivity contribution in [2.75, 3.05) is 0 Å². The highest BCUT2D eigenvalue weighted by molar-refractivity contribution is 5.92. The van der Waals surface area contributed by atoms with E-state index in [0.717, 1.165) is 50.1 Å². The van der Waals surface area contributed by atoms with Crippen LogP contribution in [0.25, 0.3) is 5.57 Å². The number of nitriles is 1. The largest absolute Gasteiger partial charge is 0.399 e. The van der Waals surface area contributed by atoms with E-state index in [4.69, 9.17) is 5.73 Å². The van der Waals surface area contributed by atoms with Gasteiger partial charge in [-0.1, -0.05) is 110 Å². The molecule has 0 bridgehead atoms. The molecule has 2 N–H and O–H groups in total. The minimum absolute atomic E-state index is 0.633. The lowest BCUT2D eigenvalue weighted by atomic mass is 9.80. The van der Waals surface area contributed by atoms with Gasteiger partial charge in [0.25, 0.3) is 0 Å². The Morgan fingerprint density at radius 3 is 1.53 bits per heavy atom. The highest BCUT2D eigenvalue weighted by atomic mass is 14.6. The highest BCUT2D eigenvalue weighted by Gasteiger charge is 2.21. The Labute approximate surface area is 225 Å². The van der Waals surface area contributed by atoms with Gasteiger partial charge in [-0.15, -0.1) is 0 Å². The van der Waals surface area contributed by atoms with E-state index >= 15 is 0 Å². The van der Waals surface area contributed by atoms with E-state index in [1.54, 1.807) is 0 Å². The van der Waals surface area contributed by atoms with E-state index in [2.05, 4.69) is 39.7 Å². The van der Waals surface area contributed by atoms with E-state index in [1.807, 2.05) is 107 Å². The zero-order valence-corrected chi connectivity index (χ0v) is 26.2. The molecule has 0 aromatic heterocycles. The molecule has 0 fully saturated rings. The Balaban J connectivity index is -0.000000504. The Bertz CT molecular complexity index is 941. The van der Waals surface area contributed by atoms with Gasteiger partial charge in [-0.25, -0.2) is 0 Å². The van der Waals surface area contributed by atoms with Gasteiger partial charge in [-0.2, -0.15) is 5.26 Å². The van der Waals surface area contributed by atoms with E-state index in [1.165, 1.54) is 6.42 Å². The summed E-state index contributed by atoms with van der Waals surface area (Å²) in [5.41, 5.74) is 16.3. The van der Waals surface area contributed by atoms with Crippen molar-refractivity contribution in [1.82, 2.24) is 0 Å². The molecule has 202 valence electrons. The zero-order valence-electron chi connectivity index (χ0n) is 26.2. The first-order valence-corrected chi connectivity index (χ1v) is 13.3. The van der Waals surface area contributed by atoms with Gasteiger partial charge >= 0.3 is 0 Å². The van der Waals surface area contributed by atoms with Gasteiger partial charge in [0.15, 0.2) is 0 Å². The van der Waals surface area contributed by atoms with Crippen LogP contribution in [0.5, 0.6) is 0 Å². The van der Waals surface area contributed by atoms with Crippen molar-refractivity contribution in [3.05, 3.63) is 99.8 Å². The molecule has 1 aromatic rings. The molecule has 0 amide bonds. The maximum absolute atomic E-state index is 9.23. The topological polar surface area (TPSA) is 49.8 Å². The summed E-state index contributed by atoms with van der Waals surface area (Å²) in [5.74, 6) is 0. The summed E-state index contributed by atoms with van der Waals surface area (Å²) in [6.07, 6.45) is 3.14. The second-order valence-corrected chi connectivity index (χ2v) is 7.68. The third-order valence-electron chi connectivity index (χ3n) is 4.52. The Morgan fingerprint density at radius 1 is 0.861 bits per heavy atom. The molecule has 1 rings (SSSR count). The van der Waals surface area contributed by atoms with Crippen molar-refractivity contribution in [2.45, 2.75) is 103 Å². The van der Waals surface area contributed by atoms with Crippen LogP contribution in [0.1, 0.15) is 113 Å². The summed E-state index contributed by atoms with van der Waals surface area (Å²) in [6, 6.07) is 7.92. The number of benzene rings is 1. The summed E-state index contributed by atoms with van der Waals surface area (Å²) < 4.78 is 0. The quantitative estimate of drug-likeness (QED) is 0.401. The minimum atomic E-state index is 0.633.